The van der Waals surface area contributed by atoms with Crippen molar-refractivity contribution in [3.8, 4) is 0 Å². The van der Waals surface area contributed by atoms with E-state index in [2.05, 4.69) is 15.4 Å². The normalized spacial score (nSPS) is 16.0. The number of amides is 1. The van der Waals surface area contributed by atoms with Crippen LogP contribution in [-0.2, 0) is 6.54 Å². The van der Waals surface area contributed by atoms with E-state index < -0.39 is 0 Å². The van der Waals surface area contributed by atoms with Gasteiger partial charge < -0.3 is 10.2 Å². The van der Waals surface area contributed by atoms with Crippen molar-refractivity contribution in [1.29, 1.82) is 0 Å². The summed E-state index contributed by atoms with van der Waals surface area (Å²) in [5.74, 6) is -0.0996. The molecule has 4 rings (SSSR count). The molecule has 29 heavy (non-hydrogen) atoms. The Labute approximate surface area is 173 Å². The molecule has 1 aliphatic heterocycles. The number of pyridine rings is 1. The Morgan fingerprint density at radius 2 is 1.97 bits per heavy atom. The minimum absolute atomic E-state index is 0.00802. The first-order valence-electron chi connectivity index (χ1n) is 9.38. The molecule has 3 heterocycles. The number of carbonyl (C=O) groups excluding carboxylic acids is 1. The summed E-state index contributed by atoms with van der Waals surface area (Å²) in [4.78, 5) is 31.0. The maximum atomic E-state index is 12.6. The summed E-state index contributed by atoms with van der Waals surface area (Å²) < 4.78 is 1.34. The number of anilines is 1. The Hall–Kier alpha value is -3.19. The highest BCUT2D eigenvalue weighted by Crippen LogP contribution is 2.21. The van der Waals surface area contributed by atoms with Gasteiger partial charge >= 0.3 is 0 Å². The second-order valence-electron chi connectivity index (χ2n) is 6.92. The molecule has 3 aromatic rings. The molecule has 1 fully saturated rings. The third-order valence-electron chi connectivity index (χ3n) is 4.88. The Morgan fingerprint density at radius 1 is 1.17 bits per heavy atom. The summed E-state index contributed by atoms with van der Waals surface area (Å²) in [7, 11) is 0. The third kappa shape index (κ3) is 4.30. The van der Waals surface area contributed by atoms with Crippen LogP contribution in [0, 0.1) is 0 Å². The van der Waals surface area contributed by atoms with Gasteiger partial charge in [-0.1, -0.05) is 48.0 Å². The quantitative estimate of drug-likeness (QED) is 0.700. The largest absolute Gasteiger partial charge is 0.378 e. The van der Waals surface area contributed by atoms with E-state index in [4.69, 9.17) is 11.6 Å². The number of likely N-dealkylation sites (tertiary alicyclic amines) is 1. The molecule has 2 aromatic heterocycles. The summed E-state index contributed by atoms with van der Waals surface area (Å²) in [6.45, 7) is 1.48. The van der Waals surface area contributed by atoms with Gasteiger partial charge in [-0.15, -0.1) is 0 Å². The summed E-state index contributed by atoms with van der Waals surface area (Å²) in [6.07, 6.45) is 3.92. The Balaban J connectivity index is 1.43. The van der Waals surface area contributed by atoms with Crippen LogP contribution in [0.4, 0.5) is 5.69 Å². The molecule has 8 heteroatoms. The molecule has 0 spiro atoms. The van der Waals surface area contributed by atoms with Gasteiger partial charge in [-0.05, 0) is 24.1 Å². The number of aromatic nitrogens is 3. The topological polar surface area (TPSA) is 80.1 Å². The predicted octanol–water partition coefficient (Wildman–Crippen LogP) is 2.67. The van der Waals surface area contributed by atoms with Crippen LogP contribution < -0.4 is 10.9 Å². The van der Waals surface area contributed by atoms with E-state index in [9.17, 15) is 9.59 Å². The highest BCUT2D eigenvalue weighted by molar-refractivity contribution is 6.32. The molecular formula is C21H20ClN5O2. The van der Waals surface area contributed by atoms with Crippen molar-refractivity contribution in [3.05, 3.63) is 87.6 Å². The van der Waals surface area contributed by atoms with Crippen LogP contribution in [0.15, 0.2) is 65.7 Å². The standard InChI is InChI=1S/C21H20ClN5O2/c22-19-18(12-24-27(21(19)29)13-15-6-2-1-3-7-15)25-16-9-11-26(14-16)20(28)17-8-4-5-10-23-17/h1-8,10,12,16,25H,9,11,13-14H2. The van der Waals surface area contributed by atoms with Gasteiger partial charge in [0.1, 0.15) is 10.7 Å². The van der Waals surface area contributed by atoms with E-state index in [0.717, 1.165) is 12.0 Å². The van der Waals surface area contributed by atoms with E-state index in [-0.39, 0.29) is 22.5 Å². The average Bonchev–Trinajstić information content (AvgIpc) is 3.23. The number of nitrogens with one attached hydrogen (secondary N) is 1. The average molecular weight is 410 g/mol. The maximum Gasteiger partial charge on any atom is 0.287 e. The molecule has 0 radical (unpaired) electrons. The summed E-state index contributed by atoms with van der Waals surface area (Å²) in [5.41, 5.74) is 1.53. The number of benzene rings is 1. The van der Waals surface area contributed by atoms with Crippen molar-refractivity contribution in [2.45, 2.75) is 19.0 Å². The molecule has 1 unspecified atom stereocenters. The highest BCUT2D eigenvalue weighted by atomic mass is 35.5. The van der Waals surface area contributed by atoms with Gasteiger partial charge in [-0.25, -0.2) is 4.68 Å². The van der Waals surface area contributed by atoms with Crippen molar-refractivity contribution in [2.75, 3.05) is 18.4 Å². The van der Waals surface area contributed by atoms with E-state index in [1.165, 1.54) is 4.68 Å². The molecule has 1 atom stereocenters. The first kappa shape index (κ1) is 19.1. The highest BCUT2D eigenvalue weighted by Gasteiger charge is 2.28. The molecule has 0 bridgehead atoms. The van der Waals surface area contributed by atoms with E-state index in [1.54, 1.807) is 35.5 Å². The SMILES string of the molecule is O=C(c1ccccn1)N1CCC(Nc2cnn(Cc3ccccc3)c(=O)c2Cl)C1. The molecule has 1 aromatic carbocycles. The predicted molar refractivity (Wildman–Crippen MR) is 111 cm³/mol. The van der Waals surface area contributed by atoms with Crippen LogP contribution in [0.25, 0.3) is 0 Å². The van der Waals surface area contributed by atoms with Crippen LogP contribution in [0.1, 0.15) is 22.5 Å². The Morgan fingerprint density at radius 3 is 2.72 bits per heavy atom. The Bertz CT molecular complexity index is 1060. The molecule has 148 valence electrons. The van der Waals surface area contributed by atoms with Crippen LogP contribution in [0.3, 0.4) is 0 Å². The van der Waals surface area contributed by atoms with Crippen molar-refractivity contribution in [2.24, 2.45) is 0 Å². The zero-order valence-electron chi connectivity index (χ0n) is 15.7. The van der Waals surface area contributed by atoms with E-state index in [1.807, 2.05) is 30.3 Å². The second-order valence-corrected chi connectivity index (χ2v) is 7.29. The van der Waals surface area contributed by atoms with Crippen LogP contribution >= 0.6 is 11.6 Å². The first-order valence-corrected chi connectivity index (χ1v) is 9.76. The van der Waals surface area contributed by atoms with Crippen LogP contribution in [-0.4, -0.2) is 44.7 Å². The molecule has 1 saturated heterocycles. The fraction of sp³-hybridized carbons (Fsp3) is 0.238. The molecule has 0 aliphatic carbocycles. The summed E-state index contributed by atoms with van der Waals surface area (Å²) >= 11 is 6.31. The minimum Gasteiger partial charge on any atom is -0.378 e. The molecule has 1 N–H and O–H groups in total. The van der Waals surface area contributed by atoms with Gasteiger partial charge in [-0.2, -0.15) is 5.10 Å². The summed E-state index contributed by atoms with van der Waals surface area (Å²) in [6, 6.07) is 14.9. The van der Waals surface area contributed by atoms with Gasteiger partial charge in [0.05, 0.1) is 18.4 Å². The molecular weight excluding hydrogens is 390 g/mol. The lowest BCUT2D eigenvalue weighted by molar-refractivity contribution is 0.0786. The Kier molecular flexibility index (Phi) is 5.57. The fourth-order valence-electron chi connectivity index (χ4n) is 3.37. The van der Waals surface area contributed by atoms with Gasteiger partial charge in [-0.3, -0.25) is 14.6 Å². The zero-order chi connectivity index (χ0) is 20.2. The van der Waals surface area contributed by atoms with Crippen molar-refractivity contribution >= 4 is 23.2 Å². The number of rotatable bonds is 5. The van der Waals surface area contributed by atoms with Gasteiger partial charge in [0.25, 0.3) is 11.5 Å². The van der Waals surface area contributed by atoms with Crippen molar-refractivity contribution in [3.63, 3.8) is 0 Å². The first-order chi connectivity index (χ1) is 14.1. The van der Waals surface area contributed by atoms with Crippen LogP contribution in [0.2, 0.25) is 5.02 Å². The molecule has 7 nitrogen and oxygen atoms in total. The number of carbonyl (C=O) groups is 1. The lowest BCUT2D eigenvalue weighted by Crippen LogP contribution is -2.32. The lowest BCUT2D eigenvalue weighted by Gasteiger charge is -2.18. The van der Waals surface area contributed by atoms with Gasteiger partial charge in [0, 0.05) is 25.3 Å². The second kappa shape index (κ2) is 8.45. The maximum absolute atomic E-state index is 12.6. The molecule has 1 amide bonds. The third-order valence-corrected chi connectivity index (χ3v) is 5.24. The van der Waals surface area contributed by atoms with Gasteiger partial charge in [0.2, 0.25) is 0 Å². The van der Waals surface area contributed by atoms with Crippen molar-refractivity contribution in [1.82, 2.24) is 19.7 Å². The lowest BCUT2D eigenvalue weighted by atomic mass is 10.2. The van der Waals surface area contributed by atoms with Crippen molar-refractivity contribution < 1.29 is 4.79 Å². The van der Waals surface area contributed by atoms with Gasteiger partial charge in [0.15, 0.2) is 0 Å². The van der Waals surface area contributed by atoms with E-state index >= 15 is 0 Å². The number of hydrogen-bond acceptors (Lipinski definition) is 5. The smallest absolute Gasteiger partial charge is 0.287 e. The fourth-order valence-corrected chi connectivity index (χ4v) is 3.57. The monoisotopic (exact) mass is 409 g/mol. The minimum atomic E-state index is -0.347. The number of halogens is 1. The van der Waals surface area contributed by atoms with Crippen LogP contribution in [0.5, 0.6) is 0 Å². The van der Waals surface area contributed by atoms with E-state index in [0.29, 0.717) is 31.0 Å². The molecule has 0 saturated carbocycles. The summed E-state index contributed by atoms with van der Waals surface area (Å²) in [5, 5.41) is 7.60. The number of nitrogens with zero attached hydrogens (tertiary/aromatic N) is 4. The number of hydrogen-bond donors (Lipinski definition) is 1. The molecule has 1 aliphatic rings. The zero-order valence-corrected chi connectivity index (χ0v) is 16.4.